The Hall–Kier alpha value is -3.47. The lowest BCUT2D eigenvalue weighted by Gasteiger charge is -2.14. The zero-order chi connectivity index (χ0) is 19.1. The van der Waals surface area contributed by atoms with Crippen molar-refractivity contribution in [1.29, 1.82) is 5.26 Å². The third-order valence-corrected chi connectivity index (χ3v) is 3.25. The summed E-state index contributed by atoms with van der Waals surface area (Å²) in [5, 5.41) is 11.3. The van der Waals surface area contributed by atoms with E-state index >= 15 is 0 Å². The second kappa shape index (κ2) is 8.58. The smallest absolute Gasteiger partial charge is 0.387 e. The van der Waals surface area contributed by atoms with Crippen LogP contribution in [0.25, 0.3) is 0 Å². The van der Waals surface area contributed by atoms with Crippen LogP contribution in [-0.4, -0.2) is 24.6 Å². The number of esters is 1. The maximum absolute atomic E-state index is 12.1. The van der Waals surface area contributed by atoms with Gasteiger partial charge in [-0.15, -0.1) is 0 Å². The maximum atomic E-state index is 12.1. The predicted octanol–water partition coefficient (Wildman–Crippen LogP) is 3.34. The molecule has 0 saturated carbocycles. The number of alkyl halides is 2. The van der Waals surface area contributed by atoms with Crippen LogP contribution in [0.15, 0.2) is 48.5 Å². The molecule has 0 aliphatic rings. The molecule has 0 radical (unpaired) electrons. The Morgan fingerprint density at radius 2 is 1.69 bits per heavy atom. The minimum absolute atomic E-state index is 0.0876. The molecule has 0 saturated heterocycles. The van der Waals surface area contributed by atoms with Gasteiger partial charge in [-0.25, -0.2) is 4.79 Å². The summed E-state index contributed by atoms with van der Waals surface area (Å²) in [7, 11) is 0. The number of halogens is 2. The molecule has 6 nitrogen and oxygen atoms in total. The van der Waals surface area contributed by atoms with Gasteiger partial charge in [0, 0.05) is 5.69 Å². The van der Waals surface area contributed by atoms with E-state index in [-0.39, 0.29) is 11.3 Å². The van der Waals surface area contributed by atoms with Gasteiger partial charge in [0.05, 0.1) is 17.2 Å². The first kappa shape index (κ1) is 18.9. The number of rotatable bonds is 6. The second-order valence-electron chi connectivity index (χ2n) is 5.13. The number of ether oxygens (including phenoxy) is 2. The molecule has 0 aliphatic carbocycles. The van der Waals surface area contributed by atoms with Crippen LogP contribution in [0.2, 0.25) is 0 Å². The third-order valence-electron chi connectivity index (χ3n) is 3.25. The molecule has 8 heteroatoms. The standard InChI is InChI=1S/C18H14F2N2O4/c1-11(16(23)22-14-6-2-12(10-21)3-7-14)25-17(24)13-4-8-15(9-5-13)26-18(19)20/h2-9,11,18H,1H3,(H,22,23)/t11-/m1/s1. The summed E-state index contributed by atoms with van der Waals surface area (Å²) in [6.07, 6.45) is -1.09. The van der Waals surface area contributed by atoms with E-state index < -0.39 is 24.6 Å². The normalized spacial score (nSPS) is 11.3. The molecular formula is C18H14F2N2O4. The lowest BCUT2D eigenvalue weighted by atomic mass is 10.2. The summed E-state index contributed by atoms with van der Waals surface area (Å²) >= 11 is 0. The van der Waals surface area contributed by atoms with Crippen LogP contribution in [0, 0.1) is 11.3 Å². The van der Waals surface area contributed by atoms with Gasteiger partial charge in [-0.1, -0.05) is 0 Å². The van der Waals surface area contributed by atoms with E-state index in [9.17, 15) is 18.4 Å². The SMILES string of the molecule is C[C@@H](OC(=O)c1ccc(OC(F)F)cc1)C(=O)Nc1ccc(C#N)cc1. The molecular weight excluding hydrogens is 346 g/mol. The molecule has 1 atom stereocenters. The molecule has 0 aromatic heterocycles. The zero-order valence-electron chi connectivity index (χ0n) is 13.6. The van der Waals surface area contributed by atoms with Gasteiger partial charge in [0.15, 0.2) is 6.10 Å². The van der Waals surface area contributed by atoms with Gasteiger partial charge in [0.2, 0.25) is 0 Å². The van der Waals surface area contributed by atoms with Crippen LogP contribution >= 0.6 is 0 Å². The Labute approximate surface area is 148 Å². The first-order valence-corrected chi connectivity index (χ1v) is 7.46. The Kier molecular flexibility index (Phi) is 6.22. The van der Waals surface area contributed by atoms with Gasteiger partial charge in [-0.3, -0.25) is 4.79 Å². The molecule has 0 unspecified atom stereocenters. The van der Waals surface area contributed by atoms with Crippen LogP contribution in [0.4, 0.5) is 14.5 Å². The first-order valence-electron chi connectivity index (χ1n) is 7.46. The molecule has 2 aromatic carbocycles. The van der Waals surface area contributed by atoms with E-state index in [4.69, 9.17) is 10.00 Å². The highest BCUT2D eigenvalue weighted by molar-refractivity contribution is 5.97. The Bertz CT molecular complexity index is 815. The minimum Gasteiger partial charge on any atom is -0.449 e. The van der Waals surface area contributed by atoms with Gasteiger partial charge >= 0.3 is 12.6 Å². The number of nitrogens with zero attached hydrogens (tertiary/aromatic N) is 1. The fourth-order valence-electron chi connectivity index (χ4n) is 1.93. The number of hydrogen-bond acceptors (Lipinski definition) is 5. The number of hydrogen-bond donors (Lipinski definition) is 1. The number of nitriles is 1. The number of anilines is 1. The van der Waals surface area contributed by atoms with Crippen LogP contribution < -0.4 is 10.1 Å². The monoisotopic (exact) mass is 360 g/mol. The molecule has 0 bridgehead atoms. The Morgan fingerprint density at radius 3 is 2.23 bits per heavy atom. The lowest BCUT2D eigenvalue weighted by Crippen LogP contribution is -2.30. The molecule has 26 heavy (non-hydrogen) atoms. The molecule has 1 amide bonds. The van der Waals surface area contributed by atoms with E-state index in [1.807, 2.05) is 6.07 Å². The van der Waals surface area contributed by atoms with Crippen molar-refractivity contribution in [3.63, 3.8) is 0 Å². The van der Waals surface area contributed by atoms with Crippen molar-refractivity contribution >= 4 is 17.6 Å². The fourth-order valence-corrected chi connectivity index (χ4v) is 1.93. The summed E-state index contributed by atoms with van der Waals surface area (Å²) < 4.78 is 33.4. The van der Waals surface area contributed by atoms with E-state index in [0.29, 0.717) is 11.3 Å². The summed E-state index contributed by atoms with van der Waals surface area (Å²) in [6, 6.07) is 13.0. The molecule has 1 N–H and O–H groups in total. The molecule has 2 aromatic rings. The minimum atomic E-state index is -2.96. The van der Waals surface area contributed by atoms with Crippen LogP contribution in [0.1, 0.15) is 22.8 Å². The first-order chi connectivity index (χ1) is 12.4. The topological polar surface area (TPSA) is 88.4 Å². The number of benzene rings is 2. The molecule has 0 fully saturated rings. The van der Waals surface area contributed by atoms with Gasteiger partial charge in [0.1, 0.15) is 5.75 Å². The fraction of sp³-hybridized carbons (Fsp3) is 0.167. The molecule has 0 aliphatic heterocycles. The predicted molar refractivity (Wildman–Crippen MR) is 87.7 cm³/mol. The number of amides is 1. The average molecular weight is 360 g/mol. The van der Waals surface area contributed by atoms with Crippen molar-refractivity contribution in [2.24, 2.45) is 0 Å². The van der Waals surface area contributed by atoms with Crippen molar-refractivity contribution in [1.82, 2.24) is 0 Å². The number of carbonyl (C=O) groups is 2. The summed E-state index contributed by atoms with van der Waals surface area (Å²) in [6.45, 7) is -1.57. The highest BCUT2D eigenvalue weighted by Gasteiger charge is 2.19. The summed E-state index contributed by atoms with van der Waals surface area (Å²) in [5.74, 6) is -1.43. The Morgan fingerprint density at radius 1 is 1.08 bits per heavy atom. The van der Waals surface area contributed by atoms with Crippen LogP contribution in [-0.2, 0) is 9.53 Å². The molecule has 0 spiro atoms. The van der Waals surface area contributed by atoms with Gasteiger partial charge in [-0.05, 0) is 55.5 Å². The van der Waals surface area contributed by atoms with Crippen molar-refractivity contribution in [3.05, 3.63) is 59.7 Å². The van der Waals surface area contributed by atoms with E-state index in [0.717, 1.165) is 0 Å². The van der Waals surface area contributed by atoms with Gasteiger partial charge in [-0.2, -0.15) is 14.0 Å². The highest BCUT2D eigenvalue weighted by Crippen LogP contribution is 2.16. The molecule has 2 rings (SSSR count). The van der Waals surface area contributed by atoms with Gasteiger partial charge < -0.3 is 14.8 Å². The highest BCUT2D eigenvalue weighted by atomic mass is 19.3. The van der Waals surface area contributed by atoms with Crippen LogP contribution in [0.5, 0.6) is 5.75 Å². The summed E-state index contributed by atoms with van der Waals surface area (Å²) in [5.41, 5.74) is 0.983. The summed E-state index contributed by atoms with van der Waals surface area (Å²) in [4.78, 5) is 24.1. The molecule has 134 valence electrons. The van der Waals surface area contributed by atoms with E-state index in [1.54, 1.807) is 12.1 Å². The lowest BCUT2D eigenvalue weighted by molar-refractivity contribution is -0.123. The second-order valence-corrected chi connectivity index (χ2v) is 5.13. The quantitative estimate of drug-likeness (QED) is 0.798. The van der Waals surface area contributed by atoms with Crippen molar-refractivity contribution < 1.29 is 27.8 Å². The zero-order valence-corrected chi connectivity index (χ0v) is 13.6. The average Bonchev–Trinajstić information content (AvgIpc) is 2.62. The number of carbonyl (C=O) groups excluding carboxylic acids is 2. The third kappa shape index (κ3) is 5.27. The number of nitrogens with one attached hydrogen (secondary N) is 1. The van der Waals surface area contributed by atoms with E-state index in [2.05, 4.69) is 10.1 Å². The van der Waals surface area contributed by atoms with Gasteiger partial charge in [0.25, 0.3) is 5.91 Å². The van der Waals surface area contributed by atoms with Crippen molar-refractivity contribution in [2.45, 2.75) is 19.6 Å². The largest absolute Gasteiger partial charge is 0.449 e. The van der Waals surface area contributed by atoms with Crippen molar-refractivity contribution in [3.8, 4) is 11.8 Å². The molecule has 0 heterocycles. The van der Waals surface area contributed by atoms with Crippen LogP contribution in [0.3, 0.4) is 0 Å². The Balaban J connectivity index is 1.92. The maximum Gasteiger partial charge on any atom is 0.387 e. The van der Waals surface area contributed by atoms with E-state index in [1.165, 1.54) is 43.3 Å². The van der Waals surface area contributed by atoms with Crippen molar-refractivity contribution in [2.75, 3.05) is 5.32 Å².